The Hall–Kier alpha value is -1.35. The minimum Gasteiger partial charge on any atom is -0.347 e. The number of fused-ring (bicyclic) bond motifs is 1. The Kier molecular flexibility index (Phi) is 3.48. The highest BCUT2D eigenvalue weighted by Gasteiger charge is 2.11. The number of aryl methyl sites for hydroxylation is 2. The monoisotopic (exact) mass is 234 g/mol. The average molecular weight is 234 g/mol. The van der Waals surface area contributed by atoms with E-state index in [4.69, 9.17) is 0 Å². The molecule has 2 aromatic rings. The molecule has 0 aliphatic carbocycles. The van der Waals surface area contributed by atoms with Gasteiger partial charge in [-0.25, -0.2) is 4.39 Å². The Morgan fingerprint density at radius 2 is 2.12 bits per heavy atom. The van der Waals surface area contributed by atoms with E-state index >= 15 is 0 Å². The Morgan fingerprint density at radius 3 is 2.82 bits per heavy atom. The first-order valence-electron chi connectivity index (χ1n) is 6.03. The van der Waals surface area contributed by atoms with Gasteiger partial charge < -0.3 is 9.88 Å². The molecule has 0 bridgehead atoms. The molecule has 0 saturated carbocycles. The molecule has 0 spiro atoms. The minimum atomic E-state index is -0.167. The fraction of sp³-hybridized carbons (Fsp3) is 0.429. The second-order valence-electron chi connectivity index (χ2n) is 4.50. The van der Waals surface area contributed by atoms with Gasteiger partial charge >= 0.3 is 0 Å². The highest BCUT2D eigenvalue weighted by Crippen LogP contribution is 2.26. The van der Waals surface area contributed by atoms with Gasteiger partial charge in [-0.2, -0.15) is 0 Å². The third kappa shape index (κ3) is 2.20. The molecule has 0 saturated heterocycles. The number of rotatable bonds is 4. The molecular formula is C14H19FN2. The maximum Gasteiger partial charge on any atom is 0.125 e. The maximum atomic E-state index is 13.2. The number of hydrogen-bond acceptors (Lipinski definition) is 1. The summed E-state index contributed by atoms with van der Waals surface area (Å²) in [6.45, 7) is 3.13. The van der Waals surface area contributed by atoms with Gasteiger partial charge in [0.15, 0.2) is 0 Å². The van der Waals surface area contributed by atoms with Gasteiger partial charge in [-0.1, -0.05) is 0 Å². The lowest BCUT2D eigenvalue weighted by molar-refractivity contribution is 0.628. The molecule has 1 heterocycles. The predicted octanol–water partition coefficient (Wildman–Crippen LogP) is 2.78. The molecule has 0 amide bonds. The van der Waals surface area contributed by atoms with E-state index in [0.717, 1.165) is 30.3 Å². The lowest BCUT2D eigenvalue weighted by Gasteiger charge is -2.05. The number of aromatic nitrogens is 1. The fourth-order valence-corrected chi connectivity index (χ4v) is 2.44. The lowest BCUT2D eigenvalue weighted by Crippen LogP contribution is -2.09. The molecule has 1 N–H and O–H groups in total. The molecule has 0 fully saturated rings. The van der Waals surface area contributed by atoms with E-state index in [1.807, 2.05) is 20.2 Å². The average Bonchev–Trinajstić information content (AvgIpc) is 2.54. The number of benzene rings is 1. The van der Waals surface area contributed by atoms with Gasteiger partial charge in [-0.3, -0.25) is 0 Å². The van der Waals surface area contributed by atoms with Crippen LogP contribution in [0.2, 0.25) is 0 Å². The second-order valence-corrected chi connectivity index (χ2v) is 4.50. The Bertz CT molecular complexity index is 528. The zero-order valence-corrected chi connectivity index (χ0v) is 10.7. The van der Waals surface area contributed by atoms with Gasteiger partial charge in [-0.15, -0.1) is 0 Å². The molecule has 3 heteroatoms. The van der Waals surface area contributed by atoms with E-state index in [0.29, 0.717) is 0 Å². The largest absolute Gasteiger partial charge is 0.347 e. The molecule has 1 aromatic carbocycles. The van der Waals surface area contributed by atoms with Gasteiger partial charge in [0.2, 0.25) is 0 Å². The van der Waals surface area contributed by atoms with E-state index in [2.05, 4.69) is 16.8 Å². The Morgan fingerprint density at radius 1 is 1.35 bits per heavy atom. The van der Waals surface area contributed by atoms with Crippen molar-refractivity contribution >= 4 is 10.9 Å². The van der Waals surface area contributed by atoms with Crippen LogP contribution in [0.1, 0.15) is 17.7 Å². The van der Waals surface area contributed by atoms with Crippen LogP contribution in [0.15, 0.2) is 18.2 Å². The highest BCUT2D eigenvalue weighted by atomic mass is 19.1. The van der Waals surface area contributed by atoms with Crippen LogP contribution in [0, 0.1) is 12.7 Å². The van der Waals surface area contributed by atoms with Crippen molar-refractivity contribution in [3.8, 4) is 0 Å². The summed E-state index contributed by atoms with van der Waals surface area (Å²) >= 11 is 0. The number of hydrogen-bond donors (Lipinski definition) is 1. The number of nitrogens with one attached hydrogen (secondary N) is 1. The summed E-state index contributed by atoms with van der Waals surface area (Å²) in [6, 6.07) is 5.03. The van der Waals surface area contributed by atoms with Gasteiger partial charge in [0.25, 0.3) is 0 Å². The van der Waals surface area contributed by atoms with Gasteiger partial charge in [0.1, 0.15) is 5.82 Å². The summed E-state index contributed by atoms with van der Waals surface area (Å²) in [5.41, 5.74) is 3.57. The van der Waals surface area contributed by atoms with Gasteiger partial charge in [-0.05, 0) is 57.1 Å². The summed E-state index contributed by atoms with van der Waals surface area (Å²) < 4.78 is 15.4. The predicted molar refractivity (Wildman–Crippen MR) is 69.9 cm³/mol. The molecule has 2 nitrogen and oxygen atoms in total. The van der Waals surface area contributed by atoms with Crippen LogP contribution in [0.3, 0.4) is 0 Å². The smallest absolute Gasteiger partial charge is 0.125 e. The zero-order valence-electron chi connectivity index (χ0n) is 10.7. The topological polar surface area (TPSA) is 17.0 Å². The number of nitrogens with zero attached hydrogens (tertiary/aromatic N) is 1. The quantitative estimate of drug-likeness (QED) is 0.805. The summed E-state index contributed by atoms with van der Waals surface area (Å²) in [6.07, 6.45) is 2.13. The van der Waals surface area contributed by atoms with Gasteiger partial charge in [0.05, 0.1) is 5.52 Å². The van der Waals surface area contributed by atoms with Gasteiger partial charge in [0, 0.05) is 18.1 Å². The van der Waals surface area contributed by atoms with Crippen LogP contribution in [0.4, 0.5) is 4.39 Å². The maximum absolute atomic E-state index is 13.2. The highest BCUT2D eigenvalue weighted by molar-refractivity contribution is 5.85. The fourth-order valence-electron chi connectivity index (χ4n) is 2.44. The van der Waals surface area contributed by atoms with Crippen LogP contribution >= 0.6 is 0 Å². The third-order valence-corrected chi connectivity index (χ3v) is 3.40. The van der Waals surface area contributed by atoms with Crippen molar-refractivity contribution in [3.05, 3.63) is 35.3 Å². The lowest BCUT2D eigenvalue weighted by atomic mass is 10.1. The summed E-state index contributed by atoms with van der Waals surface area (Å²) in [5.74, 6) is -0.167. The summed E-state index contributed by atoms with van der Waals surface area (Å²) in [5, 5.41) is 4.31. The van der Waals surface area contributed by atoms with Crippen LogP contribution in [-0.4, -0.2) is 18.2 Å². The molecular weight excluding hydrogens is 215 g/mol. The van der Waals surface area contributed by atoms with Crippen molar-refractivity contribution in [2.75, 3.05) is 13.6 Å². The van der Waals surface area contributed by atoms with E-state index in [-0.39, 0.29) is 5.82 Å². The molecule has 92 valence electrons. The summed E-state index contributed by atoms with van der Waals surface area (Å²) in [4.78, 5) is 0. The molecule has 0 aliphatic heterocycles. The van der Waals surface area contributed by atoms with Crippen LogP contribution < -0.4 is 5.32 Å². The molecule has 17 heavy (non-hydrogen) atoms. The normalized spacial score (nSPS) is 11.3. The first-order valence-corrected chi connectivity index (χ1v) is 6.03. The van der Waals surface area contributed by atoms with E-state index < -0.39 is 0 Å². The molecule has 2 rings (SSSR count). The van der Waals surface area contributed by atoms with Crippen molar-refractivity contribution in [1.82, 2.24) is 9.88 Å². The first-order chi connectivity index (χ1) is 8.15. The van der Waals surface area contributed by atoms with Crippen molar-refractivity contribution < 1.29 is 4.39 Å². The third-order valence-electron chi connectivity index (χ3n) is 3.40. The van der Waals surface area contributed by atoms with Crippen LogP contribution in [-0.2, 0) is 13.5 Å². The molecule has 1 aromatic heterocycles. The minimum absolute atomic E-state index is 0.167. The molecule has 0 atom stereocenters. The number of halogens is 1. The van der Waals surface area contributed by atoms with Crippen molar-refractivity contribution in [2.45, 2.75) is 19.8 Å². The molecule has 0 radical (unpaired) electrons. The van der Waals surface area contributed by atoms with Crippen LogP contribution in [0.5, 0.6) is 0 Å². The van der Waals surface area contributed by atoms with E-state index in [1.54, 1.807) is 6.07 Å². The van der Waals surface area contributed by atoms with Crippen LogP contribution in [0.25, 0.3) is 10.9 Å². The van der Waals surface area contributed by atoms with Crippen molar-refractivity contribution in [1.29, 1.82) is 0 Å². The van der Waals surface area contributed by atoms with E-state index in [1.165, 1.54) is 17.3 Å². The van der Waals surface area contributed by atoms with Crippen molar-refractivity contribution in [2.24, 2.45) is 7.05 Å². The molecule has 0 aliphatic rings. The zero-order chi connectivity index (χ0) is 12.4. The summed E-state index contributed by atoms with van der Waals surface area (Å²) in [7, 11) is 3.98. The Labute approximate surface area is 101 Å². The first kappa shape index (κ1) is 12.1. The van der Waals surface area contributed by atoms with Crippen molar-refractivity contribution in [3.63, 3.8) is 0 Å². The van der Waals surface area contributed by atoms with E-state index in [9.17, 15) is 4.39 Å². The molecule has 0 unspecified atom stereocenters. The Balaban J connectivity index is 2.42. The second kappa shape index (κ2) is 4.88. The SMILES string of the molecule is CNCCCc1c(C)c2ccc(F)cc2n1C. The standard InChI is InChI=1S/C14H19FN2/c1-10-12-7-6-11(15)9-14(12)17(3)13(10)5-4-8-16-2/h6-7,9,16H,4-5,8H2,1-3H3.